The number of nitrogens with one attached hydrogen (secondary N) is 1. The van der Waals surface area contributed by atoms with Crippen molar-refractivity contribution in [3.05, 3.63) is 0 Å². The minimum atomic E-state index is 0. The summed E-state index contributed by atoms with van der Waals surface area (Å²) in [6.45, 7) is 5.55. The molecule has 0 aromatic rings. The highest BCUT2D eigenvalue weighted by atomic mass is 127. The number of hydrogen-bond acceptors (Lipinski definition) is 4. The van der Waals surface area contributed by atoms with E-state index in [4.69, 9.17) is 9.47 Å². The molecule has 8 heteroatoms. The van der Waals surface area contributed by atoms with Crippen LogP contribution in [0.15, 0.2) is 4.99 Å². The van der Waals surface area contributed by atoms with Gasteiger partial charge in [0.25, 0.3) is 0 Å². The Kier molecular flexibility index (Phi) is 10.1. The van der Waals surface area contributed by atoms with E-state index in [-0.39, 0.29) is 36.0 Å². The Morgan fingerprint density at radius 3 is 2.44 bits per heavy atom. The van der Waals surface area contributed by atoms with Crippen LogP contribution in [0.4, 0.5) is 0 Å². The molecule has 27 heavy (non-hydrogen) atoms. The molecule has 3 aliphatic rings. The lowest BCUT2D eigenvalue weighted by Gasteiger charge is -2.35. The first kappa shape index (κ1) is 22.7. The number of ether oxygens (including phenoxy) is 2. The summed E-state index contributed by atoms with van der Waals surface area (Å²) in [6.07, 6.45) is 8.39. The molecular formula is C19H35IN4O3. The molecule has 1 amide bonds. The monoisotopic (exact) mass is 494 g/mol. The van der Waals surface area contributed by atoms with Crippen LogP contribution < -0.4 is 5.32 Å². The van der Waals surface area contributed by atoms with E-state index in [2.05, 4.69) is 15.2 Å². The Balaban J connectivity index is 0.00000261. The second-order valence-electron chi connectivity index (χ2n) is 7.50. The predicted molar refractivity (Wildman–Crippen MR) is 117 cm³/mol. The number of amides is 1. The molecule has 1 atom stereocenters. The maximum absolute atomic E-state index is 12.2. The highest BCUT2D eigenvalue weighted by molar-refractivity contribution is 14.0. The summed E-state index contributed by atoms with van der Waals surface area (Å²) in [5.41, 5.74) is 0. The van der Waals surface area contributed by atoms with Crippen molar-refractivity contribution in [1.29, 1.82) is 0 Å². The number of likely N-dealkylation sites (tertiary alicyclic amines) is 2. The Morgan fingerprint density at radius 2 is 1.81 bits per heavy atom. The summed E-state index contributed by atoms with van der Waals surface area (Å²) >= 11 is 0. The third kappa shape index (κ3) is 7.05. The van der Waals surface area contributed by atoms with Gasteiger partial charge >= 0.3 is 0 Å². The summed E-state index contributed by atoms with van der Waals surface area (Å²) in [7, 11) is 1.78. The van der Waals surface area contributed by atoms with Crippen molar-refractivity contribution in [2.75, 3.05) is 53.0 Å². The van der Waals surface area contributed by atoms with Gasteiger partial charge in [-0.1, -0.05) is 0 Å². The first-order valence-corrected chi connectivity index (χ1v) is 10.2. The second kappa shape index (κ2) is 12.1. The van der Waals surface area contributed by atoms with E-state index in [0.29, 0.717) is 12.6 Å². The SMILES string of the molecule is CN=C(NCC(=O)N1CCCC1)N1CCC(OCC2CCCCO2)CC1.I. The zero-order valence-electron chi connectivity index (χ0n) is 16.5. The number of aliphatic imine (C=N–C) groups is 1. The molecule has 0 bridgehead atoms. The zero-order valence-corrected chi connectivity index (χ0v) is 18.9. The number of carbonyl (C=O) groups excluding carboxylic acids is 1. The zero-order chi connectivity index (χ0) is 18.2. The van der Waals surface area contributed by atoms with Crippen LogP contribution in [0.2, 0.25) is 0 Å². The summed E-state index contributed by atoms with van der Waals surface area (Å²) in [5.74, 6) is 1.00. The van der Waals surface area contributed by atoms with Gasteiger partial charge in [-0.3, -0.25) is 9.79 Å². The van der Waals surface area contributed by atoms with Gasteiger partial charge < -0.3 is 24.6 Å². The van der Waals surface area contributed by atoms with Gasteiger partial charge in [0.15, 0.2) is 5.96 Å². The molecule has 0 aromatic heterocycles. The normalized spacial score (nSPS) is 24.6. The molecule has 0 aromatic carbocycles. The van der Waals surface area contributed by atoms with Crippen LogP contribution in [-0.4, -0.2) is 86.9 Å². The van der Waals surface area contributed by atoms with Crippen LogP contribution in [0.3, 0.4) is 0 Å². The van der Waals surface area contributed by atoms with E-state index in [0.717, 1.165) is 77.5 Å². The number of guanidine groups is 1. The van der Waals surface area contributed by atoms with Gasteiger partial charge in [-0.15, -0.1) is 24.0 Å². The largest absolute Gasteiger partial charge is 0.376 e. The number of hydrogen-bond donors (Lipinski definition) is 1. The standard InChI is InChI=1S/C19H34N4O3.HI/c1-20-19(21-14-18(24)22-9-3-4-10-22)23-11-7-16(8-12-23)26-15-17-6-2-5-13-25-17;/h16-17H,2-15H2,1H3,(H,20,21);1H. The highest BCUT2D eigenvalue weighted by Gasteiger charge is 2.24. The van der Waals surface area contributed by atoms with Crippen molar-refractivity contribution >= 4 is 35.8 Å². The third-order valence-corrected chi connectivity index (χ3v) is 5.60. The Hall–Kier alpha value is -0.610. The van der Waals surface area contributed by atoms with Crippen LogP contribution in [0, 0.1) is 0 Å². The van der Waals surface area contributed by atoms with E-state index >= 15 is 0 Å². The molecule has 7 nitrogen and oxygen atoms in total. The number of halogens is 1. The highest BCUT2D eigenvalue weighted by Crippen LogP contribution is 2.18. The minimum absolute atomic E-state index is 0. The van der Waals surface area contributed by atoms with Gasteiger partial charge in [-0.05, 0) is 44.9 Å². The first-order valence-electron chi connectivity index (χ1n) is 10.2. The second-order valence-corrected chi connectivity index (χ2v) is 7.50. The molecule has 0 spiro atoms. The van der Waals surface area contributed by atoms with E-state index < -0.39 is 0 Å². The topological polar surface area (TPSA) is 66.4 Å². The summed E-state index contributed by atoms with van der Waals surface area (Å²) in [4.78, 5) is 20.7. The fourth-order valence-corrected chi connectivity index (χ4v) is 3.98. The molecule has 0 aliphatic carbocycles. The summed E-state index contributed by atoms with van der Waals surface area (Å²) in [6, 6.07) is 0. The molecule has 3 saturated heterocycles. The molecule has 1 unspecified atom stereocenters. The van der Waals surface area contributed by atoms with E-state index in [1.54, 1.807) is 7.05 Å². The lowest BCUT2D eigenvalue weighted by Crippen LogP contribution is -2.49. The number of piperidine rings is 1. The van der Waals surface area contributed by atoms with Gasteiger partial charge in [-0.2, -0.15) is 0 Å². The lowest BCUT2D eigenvalue weighted by atomic mass is 10.1. The van der Waals surface area contributed by atoms with Crippen LogP contribution >= 0.6 is 24.0 Å². The van der Waals surface area contributed by atoms with Crippen LogP contribution in [-0.2, 0) is 14.3 Å². The van der Waals surface area contributed by atoms with Crippen molar-refractivity contribution in [2.24, 2.45) is 4.99 Å². The smallest absolute Gasteiger partial charge is 0.241 e. The molecule has 1 N–H and O–H groups in total. The van der Waals surface area contributed by atoms with Gasteiger partial charge in [-0.25, -0.2) is 0 Å². The molecule has 3 aliphatic heterocycles. The van der Waals surface area contributed by atoms with Crippen LogP contribution in [0.5, 0.6) is 0 Å². The van der Waals surface area contributed by atoms with Crippen molar-refractivity contribution < 1.29 is 14.3 Å². The quantitative estimate of drug-likeness (QED) is 0.359. The Bertz CT molecular complexity index is 472. The van der Waals surface area contributed by atoms with Crippen molar-refractivity contribution in [1.82, 2.24) is 15.1 Å². The molecule has 0 saturated carbocycles. The van der Waals surface area contributed by atoms with E-state index in [1.807, 2.05) is 4.90 Å². The van der Waals surface area contributed by atoms with Gasteiger partial charge in [0, 0.05) is 39.8 Å². The van der Waals surface area contributed by atoms with E-state index in [1.165, 1.54) is 12.8 Å². The van der Waals surface area contributed by atoms with Gasteiger partial charge in [0.1, 0.15) is 0 Å². The summed E-state index contributed by atoms with van der Waals surface area (Å²) < 4.78 is 11.8. The average Bonchev–Trinajstić information content (AvgIpc) is 3.23. The van der Waals surface area contributed by atoms with E-state index in [9.17, 15) is 4.79 Å². The minimum Gasteiger partial charge on any atom is -0.376 e. The molecule has 156 valence electrons. The van der Waals surface area contributed by atoms with Gasteiger partial charge in [0.05, 0.1) is 25.4 Å². The van der Waals surface area contributed by atoms with Gasteiger partial charge in [0.2, 0.25) is 5.91 Å². The molecule has 3 heterocycles. The number of nitrogens with zero attached hydrogens (tertiary/aromatic N) is 3. The number of carbonyl (C=O) groups is 1. The fraction of sp³-hybridized carbons (Fsp3) is 0.895. The van der Waals surface area contributed by atoms with Crippen LogP contribution in [0.1, 0.15) is 44.9 Å². The fourth-order valence-electron chi connectivity index (χ4n) is 3.98. The third-order valence-electron chi connectivity index (χ3n) is 5.60. The average molecular weight is 494 g/mol. The Labute approximate surface area is 180 Å². The van der Waals surface area contributed by atoms with Crippen molar-refractivity contribution in [3.63, 3.8) is 0 Å². The van der Waals surface area contributed by atoms with Crippen molar-refractivity contribution in [2.45, 2.75) is 57.2 Å². The lowest BCUT2D eigenvalue weighted by molar-refractivity contribution is -0.128. The molecule has 3 fully saturated rings. The maximum Gasteiger partial charge on any atom is 0.241 e. The molecule has 3 rings (SSSR count). The van der Waals surface area contributed by atoms with Crippen molar-refractivity contribution in [3.8, 4) is 0 Å². The van der Waals surface area contributed by atoms with Crippen LogP contribution in [0.25, 0.3) is 0 Å². The molecular weight excluding hydrogens is 459 g/mol. The summed E-state index contributed by atoms with van der Waals surface area (Å²) in [5, 5.41) is 3.24. The maximum atomic E-state index is 12.2. The molecule has 0 radical (unpaired) electrons. The predicted octanol–water partition coefficient (Wildman–Crippen LogP) is 1.85. The Morgan fingerprint density at radius 1 is 1.07 bits per heavy atom. The number of rotatable bonds is 5. The first-order chi connectivity index (χ1) is 12.8.